The normalized spacial score (nSPS) is 19.2. The maximum Gasteiger partial charge on any atom is 0.114 e. The van der Waals surface area contributed by atoms with Crippen LogP contribution in [0.5, 0.6) is 0 Å². The zero-order chi connectivity index (χ0) is 11.7. The van der Waals surface area contributed by atoms with Gasteiger partial charge in [-0.3, -0.25) is 0 Å². The van der Waals surface area contributed by atoms with Crippen LogP contribution in [0.15, 0.2) is 23.7 Å². The van der Waals surface area contributed by atoms with Crippen LogP contribution < -0.4 is 0 Å². The second kappa shape index (κ2) is 4.63. The summed E-state index contributed by atoms with van der Waals surface area (Å²) in [7, 11) is 0. The zero-order valence-electron chi connectivity index (χ0n) is 9.67. The van der Waals surface area contributed by atoms with Crippen LogP contribution in [-0.2, 0) is 13.0 Å². The molecule has 0 aromatic carbocycles. The summed E-state index contributed by atoms with van der Waals surface area (Å²) < 4.78 is 2.30. The molecule has 0 aliphatic carbocycles. The van der Waals surface area contributed by atoms with Crippen molar-refractivity contribution in [2.45, 2.75) is 31.7 Å². The van der Waals surface area contributed by atoms with Crippen molar-refractivity contribution in [2.75, 3.05) is 6.61 Å². The number of hydrogen-bond acceptors (Lipinski definition) is 3. The lowest BCUT2D eigenvalue weighted by molar-refractivity contribution is 0.240. The predicted molar refractivity (Wildman–Crippen MR) is 68.4 cm³/mol. The Hall–Kier alpha value is -1.13. The van der Waals surface area contributed by atoms with Gasteiger partial charge in [0.25, 0.3) is 0 Å². The summed E-state index contributed by atoms with van der Waals surface area (Å²) in [5.41, 5.74) is 1.21. The third kappa shape index (κ3) is 2.03. The molecule has 3 heterocycles. The molecule has 0 bridgehead atoms. The van der Waals surface area contributed by atoms with Gasteiger partial charge in [-0.25, -0.2) is 4.98 Å². The molecule has 4 heteroatoms. The second-order valence-electron chi connectivity index (χ2n) is 4.53. The lowest BCUT2D eigenvalue weighted by atomic mass is 9.97. The molecule has 0 amide bonds. The zero-order valence-corrected chi connectivity index (χ0v) is 10.5. The number of fused-ring (bicyclic) bond motifs is 1. The van der Waals surface area contributed by atoms with Crippen molar-refractivity contribution in [3.05, 3.63) is 40.1 Å². The van der Waals surface area contributed by atoms with E-state index < -0.39 is 0 Å². The van der Waals surface area contributed by atoms with Crippen LogP contribution in [0.1, 0.15) is 35.2 Å². The predicted octanol–water partition coefficient (Wildman–Crippen LogP) is 2.41. The molecule has 2 aromatic rings. The number of thiophene rings is 1. The Kier molecular flexibility index (Phi) is 2.99. The van der Waals surface area contributed by atoms with E-state index in [2.05, 4.69) is 27.1 Å². The maximum absolute atomic E-state index is 9.36. The van der Waals surface area contributed by atoms with Gasteiger partial charge in [0.2, 0.25) is 0 Å². The van der Waals surface area contributed by atoms with Gasteiger partial charge < -0.3 is 9.67 Å². The van der Waals surface area contributed by atoms with Crippen LogP contribution in [0.4, 0.5) is 0 Å². The van der Waals surface area contributed by atoms with E-state index in [1.165, 1.54) is 10.6 Å². The third-order valence-electron chi connectivity index (χ3n) is 3.45. The number of imidazole rings is 1. The molecule has 0 spiro atoms. The van der Waals surface area contributed by atoms with E-state index in [9.17, 15) is 5.11 Å². The first-order valence-corrected chi connectivity index (χ1v) is 6.94. The largest absolute Gasteiger partial charge is 0.396 e. The fraction of sp³-hybridized carbons (Fsp3) is 0.462. The van der Waals surface area contributed by atoms with E-state index in [-0.39, 0.29) is 12.5 Å². The number of aliphatic hydroxyl groups excluding tert-OH is 1. The van der Waals surface area contributed by atoms with Crippen molar-refractivity contribution in [1.82, 2.24) is 9.55 Å². The monoisotopic (exact) mass is 248 g/mol. The summed E-state index contributed by atoms with van der Waals surface area (Å²) in [6, 6.07) is 4.23. The van der Waals surface area contributed by atoms with Gasteiger partial charge in [-0.2, -0.15) is 0 Å². The van der Waals surface area contributed by atoms with Crippen molar-refractivity contribution in [1.29, 1.82) is 0 Å². The van der Waals surface area contributed by atoms with Gasteiger partial charge in [-0.1, -0.05) is 6.07 Å². The fourth-order valence-electron chi connectivity index (χ4n) is 2.55. The number of nitrogens with zero attached hydrogens (tertiary/aromatic N) is 2. The van der Waals surface area contributed by atoms with Crippen molar-refractivity contribution in [2.24, 2.45) is 0 Å². The molecule has 0 fully saturated rings. The van der Waals surface area contributed by atoms with Crippen LogP contribution in [0.25, 0.3) is 0 Å². The van der Waals surface area contributed by atoms with E-state index in [1.807, 2.05) is 6.20 Å². The molecular weight excluding hydrogens is 232 g/mol. The van der Waals surface area contributed by atoms with Crippen LogP contribution in [0, 0.1) is 0 Å². The molecule has 1 unspecified atom stereocenters. The van der Waals surface area contributed by atoms with Crippen molar-refractivity contribution in [3.63, 3.8) is 0 Å². The molecule has 3 nitrogen and oxygen atoms in total. The van der Waals surface area contributed by atoms with Crippen LogP contribution in [0.3, 0.4) is 0 Å². The van der Waals surface area contributed by atoms with Crippen LogP contribution in [0.2, 0.25) is 0 Å². The average molecular weight is 248 g/mol. The molecule has 1 N–H and O–H groups in total. The minimum atomic E-state index is 0.240. The molecule has 90 valence electrons. The number of aliphatic hydroxyl groups is 1. The quantitative estimate of drug-likeness (QED) is 0.905. The maximum atomic E-state index is 9.36. The summed E-state index contributed by atoms with van der Waals surface area (Å²) in [6.45, 7) is 1.29. The highest BCUT2D eigenvalue weighted by Crippen LogP contribution is 2.28. The molecule has 0 saturated heterocycles. The van der Waals surface area contributed by atoms with Gasteiger partial charge in [-0.15, -0.1) is 11.3 Å². The topological polar surface area (TPSA) is 38.0 Å². The lowest BCUT2D eigenvalue weighted by Crippen LogP contribution is -2.19. The van der Waals surface area contributed by atoms with Crippen LogP contribution in [-0.4, -0.2) is 21.3 Å². The van der Waals surface area contributed by atoms with E-state index in [0.29, 0.717) is 0 Å². The Morgan fingerprint density at radius 3 is 3.24 bits per heavy atom. The van der Waals surface area contributed by atoms with Gasteiger partial charge in [0.15, 0.2) is 0 Å². The summed E-state index contributed by atoms with van der Waals surface area (Å²) in [5, 5.41) is 11.5. The Balaban J connectivity index is 1.89. The van der Waals surface area contributed by atoms with Crippen molar-refractivity contribution >= 4 is 11.3 Å². The van der Waals surface area contributed by atoms with Gasteiger partial charge in [0.1, 0.15) is 5.82 Å². The Labute approximate surface area is 105 Å². The molecule has 0 radical (unpaired) electrons. The highest BCUT2D eigenvalue weighted by molar-refractivity contribution is 7.09. The van der Waals surface area contributed by atoms with Gasteiger partial charge in [0.05, 0.1) is 6.61 Å². The molecule has 1 atom stereocenters. The molecule has 1 aliphatic heterocycles. The summed E-state index contributed by atoms with van der Waals surface area (Å²) in [4.78, 5) is 5.88. The van der Waals surface area contributed by atoms with E-state index in [0.717, 1.165) is 31.6 Å². The van der Waals surface area contributed by atoms with Gasteiger partial charge in [-0.05, 0) is 24.3 Å². The highest BCUT2D eigenvalue weighted by atomic mass is 32.1. The number of rotatable bonds is 3. The van der Waals surface area contributed by atoms with Crippen LogP contribution >= 0.6 is 11.3 Å². The molecule has 17 heavy (non-hydrogen) atoms. The van der Waals surface area contributed by atoms with Gasteiger partial charge in [0, 0.05) is 35.7 Å². The SMILES string of the molecule is OCC1CCCn2c1cnc2Cc1cccs1. The third-order valence-corrected chi connectivity index (χ3v) is 4.33. The standard InChI is InChI=1S/C13H16N2OS/c16-9-10-3-1-5-15-12(10)8-14-13(15)7-11-4-2-6-17-11/h2,4,6,8,10,16H,1,3,5,7,9H2. The summed E-state index contributed by atoms with van der Waals surface area (Å²) in [6.07, 6.45) is 5.09. The minimum absolute atomic E-state index is 0.240. The fourth-order valence-corrected chi connectivity index (χ4v) is 3.25. The lowest BCUT2D eigenvalue weighted by Gasteiger charge is -2.23. The van der Waals surface area contributed by atoms with E-state index >= 15 is 0 Å². The average Bonchev–Trinajstić information content (AvgIpc) is 2.99. The number of aromatic nitrogens is 2. The second-order valence-corrected chi connectivity index (χ2v) is 5.56. The summed E-state index contributed by atoms with van der Waals surface area (Å²) in [5.74, 6) is 1.42. The molecular formula is C13H16N2OS. The van der Waals surface area contributed by atoms with E-state index in [1.54, 1.807) is 11.3 Å². The van der Waals surface area contributed by atoms with Crippen molar-refractivity contribution in [3.8, 4) is 0 Å². The molecule has 2 aromatic heterocycles. The molecule has 3 rings (SSSR count). The Morgan fingerprint density at radius 2 is 2.47 bits per heavy atom. The summed E-state index contributed by atoms with van der Waals surface area (Å²) >= 11 is 1.78. The first-order chi connectivity index (χ1) is 8.38. The molecule has 1 aliphatic rings. The highest BCUT2D eigenvalue weighted by Gasteiger charge is 2.22. The molecule has 0 saturated carbocycles. The van der Waals surface area contributed by atoms with Crippen molar-refractivity contribution < 1.29 is 5.11 Å². The van der Waals surface area contributed by atoms with Gasteiger partial charge >= 0.3 is 0 Å². The Morgan fingerprint density at radius 1 is 1.53 bits per heavy atom. The van der Waals surface area contributed by atoms with E-state index in [4.69, 9.17) is 0 Å². The minimum Gasteiger partial charge on any atom is -0.396 e. The first-order valence-electron chi connectivity index (χ1n) is 6.06. The number of hydrogen-bond donors (Lipinski definition) is 1. The Bertz CT molecular complexity index is 489. The first kappa shape index (κ1) is 11.0. The smallest absolute Gasteiger partial charge is 0.114 e.